The van der Waals surface area contributed by atoms with E-state index in [0.29, 0.717) is 16.6 Å². The highest BCUT2D eigenvalue weighted by Crippen LogP contribution is 2.34. The van der Waals surface area contributed by atoms with Crippen molar-refractivity contribution in [2.45, 2.75) is 42.6 Å². The zero-order valence-electron chi connectivity index (χ0n) is 21.6. The van der Waals surface area contributed by atoms with Crippen LogP contribution in [0.25, 0.3) is 10.1 Å². The van der Waals surface area contributed by atoms with Gasteiger partial charge in [0.25, 0.3) is 15.9 Å². The van der Waals surface area contributed by atoms with Crippen molar-refractivity contribution < 1.29 is 23.1 Å². The second-order valence-electron chi connectivity index (χ2n) is 9.88. The Kier molecular flexibility index (Phi) is 8.30. The van der Waals surface area contributed by atoms with Gasteiger partial charge in [0.2, 0.25) is 5.91 Å². The molecule has 1 aromatic carbocycles. The van der Waals surface area contributed by atoms with Crippen molar-refractivity contribution in [3.63, 3.8) is 0 Å². The fraction of sp³-hybridized carbons (Fsp3) is 0.480. The lowest BCUT2D eigenvalue weighted by Crippen LogP contribution is -2.57. The molecular formula is C25H30ClN5O5S3. The summed E-state index contributed by atoms with van der Waals surface area (Å²) < 4.78 is 29.7. The van der Waals surface area contributed by atoms with Gasteiger partial charge < -0.3 is 20.2 Å². The van der Waals surface area contributed by atoms with E-state index in [1.54, 1.807) is 36.2 Å². The van der Waals surface area contributed by atoms with Gasteiger partial charge in [0, 0.05) is 73.3 Å². The Morgan fingerprint density at radius 2 is 2.05 bits per heavy atom. The molecule has 2 unspecified atom stereocenters. The van der Waals surface area contributed by atoms with Crippen molar-refractivity contribution in [2.24, 2.45) is 0 Å². The SMILES string of the molecule is CC1Cc2nc(C(=O)N3CCN(S(=O)(=O)c4cc5ccc(Cl)cc5s4)CC3CC(=O)N(C)CCO)sc2CN1. The van der Waals surface area contributed by atoms with Crippen LogP contribution in [0.4, 0.5) is 0 Å². The fourth-order valence-electron chi connectivity index (χ4n) is 4.88. The highest BCUT2D eigenvalue weighted by Gasteiger charge is 2.39. The first kappa shape index (κ1) is 28.4. The number of thiazole rings is 1. The molecule has 2 amide bonds. The summed E-state index contributed by atoms with van der Waals surface area (Å²) in [5.74, 6) is -0.572. The molecule has 10 nitrogen and oxygen atoms in total. The maximum atomic E-state index is 13.7. The van der Waals surface area contributed by atoms with Crippen LogP contribution < -0.4 is 5.32 Å². The molecule has 0 saturated carbocycles. The number of nitrogens with one attached hydrogen (secondary N) is 1. The number of amides is 2. The zero-order valence-corrected chi connectivity index (χ0v) is 24.8. The summed E-state index contributed by atoms with van der Waals surface area (Å²) in [7, 11) is -2.30. The Bertz CT molecular complexity index is 1510. The van der Waals surface area contributed by atoms with Gasteiger partial charge >= 0.3 is 0 Å². The van der Waals surface area contributed by atoms with E-state index in [4.69, 9.17) is 11.6 Å². The number of hydrogen-bond donors (Lipinski definition) is 2. The van der Waals surface area contributed by atoms with Gasteiger partial charge in [-0.1, -0.05) is 17.7 Å². The molecule has 39 heavy (non-hydrogen) atoms. The minimum atomic E-state index is -3.87. The van der Waals surface area contributed by atoms with E-state index < -0.39 is 16.1 Å². The molecule has 1 fully saturated rings. The van der Waals surface area contributed by atoms with E-state index in [0.717, 1.165) is 38.4 Å². The average molecular weight is 612 g/mol. The third-order valence-corrected chi connectivity index (χ3v) is 11.8. The van der Waals surface area contributed by atoms with E-state index in [1.165, 1.54) is 20.5 Å². The third-order valence-electron chi connectivity index (χ3n) is 7.10. The number of carbonyl (C=O) groups is 2. The molecule has 2 aliphatic rings. The number of halogens is 1. The number of carbonyl (C=O) groups excluding carboxylic acids is 2. The third kappa shape index (κ3) is 5.85. The van der Waals surface area contributed by atoms with E-state index in [1.807, 2.05) is 0 Å². The maximum Gasteiger partial charge on any atom is 0.283 e. The number of piperazine rings is 1. The van der Waals surface area contributed by atoms with Crippen LogP contribution in [0, 0.1) is 0 Å². The molecule has 1 saturated heterocycles. The first-order chi connectivity index (χ1) is 18.6. The van der Waals surface area contributed by atoms with Crippen LogP contribution in [0.3, 0.4) is 0 Å². The predicted octanol–water partition coefficient (Wildman–Crippen LogP) is 2.40. The van der Waals surface area contributed by atoms with Gasteiger partial charge in [-0.05, 0) is 30.5 Å². The molecule has 0 radical (unpaired) electrons. The highest BCUT2D eigenvalue weighted by atomic mass is 35.5. The van der Waals surface area contributed by atoms with Crippen LogP contribution >= 0.6 is 34.3 Å². The number of hydrogen-bond acceptors (Lipinski definition) is 9. The fourth-order valence-corrected chi connectivity index (χ4v) is 9.17. The number of aliphatic hydroxyl groups is 1. The lowest BCUT2D eigenvalue weighted by atomic mass is 10.1. The van der Waals surface area contributed by atoms with E-state index in [9.17, 15) is 23.1 Å². The molecule has 210 valence electrons. The zero-order chi connectivity index (χ0) is 27.9. The summed E-state index contributed by atoms with van der Waals surface area (Å²) in [6, 6.07) is 6.46. The van der Waals surface area contributed by atoms with Gasteiger partial charge in [0.15, 0.2) is 5.01 Å². The van der Waals surface area contributed by atoms with E-state index in [-0.39, 0.29) is 61.3 Å². The average Bonchev–Trinajstić information content (AvgIpc) is 3.52. The van der Waals surface area contributed by atoms with Crippen molar-refractivity contribution in [1.29, 1.82) is 0 Å². The number of aliphatic hydroxyl groups excluding tert-OH is 1. The number of rotatable bonds is 7. The number of benzene rings is 1. The minimum absolute atomic E-state index is 0.0224. The standard InChI is InChI=1S/C25H30ClN5O5S3/c1-15-9-19-21(13-27-15)38-24(28-19)25(34)31-6-5-30(14-18(31)12-22(33)29(2)7-8-32)39(35,36)23-10-16-3-4-17(26)11-20(16)37-23/h3-4,10-11,15,18,27,32H,5-9,12-14H2,1-2H3. The molecule has 14 heteroatoms. The van der Waals surface area contributed by atoms with Gasteiger partial charge in [-0.15, -0.1) is 22.7 Å². The molecule has 3 aromatic rings. The summed E-state index contributed by atoms with van der Waals surface area (Å²) in [6.07, 6.45) is 0.666. The molecule has 2 aliphatic heterocycles. The van der Waals surface area contributed by atoms with Crippen LogP contribution in [0.15, 0.2) is 28.5 Å². The molecule has 0 bridgehead atoms. The summed E-state index contributed by atoms with van der Waals surface area (Å²) in [5.41, 5.74) is 0.913. The number of sulfonamides is 1. The normalized spacial score (nSPS) is 20.3. The minimum Gasteiger partial charge on any atom is -0.395 e. The lowest BCUT2D eigenvalue weighted by Gasteiger charge is -2.40. The molecule has 4 heterocycles. The van der Waals surface area contributed by atoms with E-state index in [2.05, 4.69) is 17.2 Å². The molecule has 0 spiro atoms. The number of likely N-dealkylation sites (N-methyl/N-ethyl adjacent to an activating group) is 1. The second kappa shape index (κ2) is 11.4. The Balaban J connectivity index is 1.41. The first-order valence-electron chi connectivity index (χ1n) is 12.6. The predicted molar refractivity (Wildman–Crippen MR) is 152 cm³/mol. The van der Waals surface area contributed by atoms with Crippen LogP contribution in [0.1, 0.15) is 33.7 Å². The summed E-state index contributed by atoms with van der Waals surface area (Å²) in [6.45, 7) is 2.89. The molecule has 2 aromatic heterocycles. The molecule has 2 atom stereocenters. The molecule has 5 rings (SSSR count). The number of nitrogens with zero attached hydrogens (tertiary/aromatic N) is 4. The van der Waals surface area contributed by atoms with Crippen molar-refractivity contribution in [3.8, 4) is 0 Å². The van der Waals surface area contributed by atoms with Gasteiger partial charge in [0.1, 0.15) is 4.21 Å². The van der Waals surface area contributed by atoms with Crippen LogP contribution in [-0.4, -0.2) is 96.3 Å². The Morgan fingerprint density at radius 3 is 2.82 bits per heavy atom. The number of thiophene rings is 1. The van der Waals surface area contributed by atoms with Crippen LogP contribution in [0.2, 0.25) is 5.02 Å². The van der Waals surface area contributed by atoms with Crippen molar-refractivity contribution >= 4 is 66.2 Å². The number of aromatic nitrogens is 1. The Labute approximate surface area is 240 Å². The summed E-state index contributed by atoms with van der Waals surface area (Å²) in [4.78, 5) is 35.2. The summed E-state index contributed by atoms with van der Waals surface area (Å²) in [5, 5.41) is 14.3. The largest absolute Gasteiger partial charge is 0.395 e. The smallest absolute Gasteiger partial charge is 0.283 e. The molecule has 2 N–H and O–H groups in total. The van der Waals surface area contributed by atoms with E-state index >= 15 is 0 Å². The van der Waals surface area contributed by atoms with Crippen molar-refractivity contribution in [2.75, 3.05) is 39.8 Å². The quantitative estimate of drug-likeness (QED) is 0.421. The van der Waals surface area contributed by atoms with Gasteiger partial charge in [-0.2, -0.15) is 4.31 Å². The highest BCUT2D eigenvalue weighted by molar-refractivity contribution is 7.91. The second-order valence-corrected chi connectivity index (χ2v) is 14.6. The number of fused-ring (bicyclic) bond motifs is 2. The van der Waals surface area contributed by atoms with Gasteiger partial charge in [-0.25, -0.2) is 13.4 Å². The molecule has 0 aliphatic carbocycles. The van der Waals surface area contributed by atoms with Crippen LogP contribution in [-0.2, 0) is 27.8 Å². The molecular weight excluding hydrogens is 582 g/mol. The monoisotopic (exact) mass is 611 g/mol. The topological polar surface area (TPSA) is 123 Å². The summed E-state index contributed by atoms with van der Waals surface area (Å²) >= 11 is 8.59. The Morgan fingerprint density at radius 1 is 1.26 bits per heavy atom. The Hall–Kier alpha value is -2.13. The van der Waals surface area contributed by atoms with Crippen LogP contribution in [0.5, 0.6) is 0 Å². The van der Waals surface area contributed by atoms with Gasteiger partial charge in [0.05, 0.1) is 18.3 Å². The lowest BCUT2D eigenvalue weighted by molar-refractivity contribution is -0.131. The van der Waals surface area contributed by atoms with Crippen molar-refractivity contribution in [3.05, 3.63) is 44.9 Å². The van der Waals surface area contributed by atoms with Crippen molar-refractivity contribution in [1.82, 2.24) is 24.4 Å². The van der Waals surface area contributed by atoms with Gasteiger partial charge in [-0.3, -0.25) is 9.59 Å². The maximum absolute atomic E-state index is 13.7. The first-order valence-corrected chi connectivity index (χ1v) is 16.1.